The Morgan fingerprint density at radius 2 is 0.750 bits per heavy atom. The number of rotatable bonds is 3. The van der Waals surface area contributed by atoms with Crippen molar-refractivity contribution in [3.8, 4) is 33.4 Å². The van der Waals surface area contributed by atoms with Crippen LogP contribution >= 0.6 is 0 Å². The van der Waals surface area contributed by atoms with E-state index in [9.17, 15) is 0 Å². The van der Waals surface area contributed by atoms with Crippen LogP contribution in [0.3, 0.4) is 0 Å². The molecule has 6 nitrogen and oxygen atoms in total. The van der Waals surface area contributed by atoms with E-state index in [1.807, 2.05) is 54.9 Å². The van der Waals surface area contributed by atoms with Crippen LogP contribution in [-0.4, -0.2) is 35.3 Å². The van der Waals surface area contributed by atoms with Crippen LogP contribution in [0, 0.1) is 13.8 Å². The summed E-state index contributed by atoms with van der Waals surface area (Å²) in [7, 11) is 0. The average molecular weight is 824 g/mol. The van der Waals surface area contributed by atoms with Gasteiger partial charge in [0.25, 0.3) is 0 Å². The smallest absolute Gasteiger partial charge is 0.0974 e. The van der Waals surface area contributed by atoms with Gasteiger partial charge in [0.1, 0.15) is 0 Å². The second-order valence-corrected chi connectivity index (χ2v) is 9.81. The first-order valence-corrected chi connectivity index (χ1v) is 14.2. The van der Waals surface area contributed by atoms with Gasteiger partial charge in [0.2, 0.25) is 0 Å². The molecule has 0 spiro atoms. The molecule has 4 aromatic carbocycles. The molecule has 0 fully saturated rings. The number of pyridine rings is 3. The zero-order valence-electron chi connectivity index (χ0n) is 26.3. The van der Waals surface area contributed by atoms with Crippen molar-refractivity contribution in [2.75, 3.05) is 0 Å². The SMILES string of the molecule is Cc1cc(-c2ccccc2)c2ccc3c(-c4ccccc4)cc(C)nc3c2n1.[CH-]=O.[CH-]=O.[CH-]=O.[Cl-].[Re].c1ccc(-c2ccncc2)cc1. The van der Waals surface area contributed by atoms with E-state index in [1.165, 1.54) is 33.4 Å². The molecule has 0 atom stereocenters. The molecule has 243 valence electrons. The van der Waals surface area contributed by atoms with E-state index in [4.69, 9.17) is 24.4 Å². The number of aromatic nitrogens is 3. The van der Waals surface area contributed by atoms with Crippen LogP contribution < -0.4 is 12.4 Å². The second-order valence-electron chi connectivity index (χ2n) is 9.81. The van der Waals surface area contributed by atoms with Gasteiger partial charge in [-0.2, -0.15) is 0 Å². The standard InChI is InChI=1S/C26H20N2.C11H9N.3CHO.ClH.Re/c1-17-15-23(19-9-5-3-6-10-19)21-13-14-22-24(20-11-7-4-8-12-20)16-18(2)28-26(22)25(21)27-17;1-2-4-10(5-3-1)11-6-8-12-9-7-11;3*1-2;;/h3-16H,1-2H3;1-9H;3*1H;1H;/q;;3*-1;;/p-1. The molecule has 48 heavy (non-hydrogen) atoms. The van der Waals surface area contributed by atoms with Crippen molar-refractivity contribution in [3.05, 3.63) is 151 Å². The Hall–Kier alpha value is -5.19. The Labute approximate surface area is 301 Å². The van der Waals surface area contributed by atoms with E-state index in [2.05, 4.69) is 124 Å². The largest absolute Gasteiger partial charge is 1.00 e. The first-order chi connectivity index (χ1) is 22.7. The maximum Gasteiger partial charge on any atom is 0.0974 e. The number of hydrogen-bond donors (Lipinski definition) is 0. The molecular weight excluding hydrogens is 792 g/mol. The Morgan fingerprint density at radius 3 is 1.10 bits per heavy atom. The maximum atomic E-state index is 7.75. The Kier molecular flexibility index (Phi) is 18.4. The van der Waals surface area contributed by atoms with Crippen LogP contribution in [0.5, 0.6) is 0 Å². The molecule has 8 heteroatoms. The van der Waals surface area contributed by atoms with Crippen LogP contribution in [0.15, 0.2) is 140 Å². The summed E-state index contributed by atoms with van der Waals surface area (Å²) in [6, 6.07) is 44.0. The summed E-state index contributed by atoms with van der Waals surface area (Å²) in [4.78, 5) is 37.0. The summed E-state index contributed by atoms with van der Waals surface area (Å²) in [5.74, 6) is 0. The zero-order valence-corrected chi connectivity index (χ0v) is 29.8. The first kappa shape index (κ1) is 40.8. The van der Waals surface area contributed by atoms with Gasteiger partial charge in [-0.25, -0.2) is 0 Å². The van der Waals surface area contributed by atoms with E-state index < -0.39 is 0 Å². The van der Waals surface area contributed by atoms with Crippen LogP contribution in [0.1, 0.15) is 11.4 Å². The van der Waals surface area contributed by atoms with Gasteiger partial charge in [0.15, 0.2) is 0 Å². The number of benzene rings is 4. The third-order valence-corrected chi connectivity index (χ3v) is 6.97. The third kappa shape index (κ3) is 10.2. The number of carbonyl (C=O) groups excluding carboxylic acids is 3. The quantitative estimate of drug-likeness (QED) is 0.130. The third-order valence-electron chi connectivity index (χ3n) is 6.97. The van der Waals surface area contributed by atoms with Crippen molar-refractivity contribution in [2.24, 2.45) is 0 Å². The van der Waals surface area contributed by atoms with E-state index in [1.54, 1.807) is 0 Å². The molecule has 0 saturated carbocycles. The van der Waals surface area contributed by atoms with Crippen molar-refractivity contribution >= 4 is 42.2 Å². The van der Waals surface area contributed by atoms with Gasteiger partial charge in [0.05, 0.1) is 11.0 Å². The fourth-order valence-electron chi connectivity index (χ4n) is 5.12. The first-order valence-electron chi connectivity index (χ1n) is 14.2. The molecule has 0 saturated heterocycles. The van der Waals surface area contributed by atoms with E-state index in [-0.39, 0.29) is 32.8 Å². The minimum atomic E-state index is 0. The molecule has 0 aliphatic rings. The van der Waals surface area contributed by atoms with Gasteiger partial charge in [-0.15, -0.1) is 0 Å². The minimum absolute atomic E-state index is 0. The summed E-state index contributed by atoms with van der Waals surface area (Å²) in [6.45, 7) is 13.9. The van der Waals surface area contributed by atoms with Crippen molar-refractivity contribution in [1.82, 2.24) is 15.0 Å². The van der Waals surface area contributed by atoms with Gasteiger partial charge >= 0.3 is 0 Å². The molecule has 3 heterocycles. The van der Waals surface area contributed by atoms with Crippen molar-refractivity contribution in [2.45, 2.75) is 13.8 Å². The van der Waals surface area contributed by atoms with Gasteiger partial charge in [0, 0.05) is 55.0 Å². The van der Waals surface area contributed by atoms with Crippen LogP contribution in [0.2, 0.25) is 0 Å². The Morgan fingerprint density at radius 1 is 0.438 bits per heavy atom. The van der Waals surface area contributed by atoms with Gasteiger partial charge < -0.3 is 26.8 Å². The second kappa shape index (κ2) is 21.6. The van der Waals surface area contributed by atoms with Crippen molar-refractivity contribution in [1.29, 1.82) is 0 Å². The minimum Gasteiger partial charge on any atom is -1.00 e. The molecule has 7 aromatic rings. The molecule has 0 aliphatic carbocycles. The molecule has 3 aromatic heterocycles. The Bertz CT molecular complexity index is 1820. The monoisotopic (exact) mass is 824 g/mol. The van der Waals surface area contributed by atoms with Gasteiger partial charge in [-0.05, 0) is 71.5 Å². The molecule has 0 N–H and O–H groups in total. The number of nitrogens with zero attached hydrogens (tertiary/aromatic N) is 3. The summed E-state index contributed by atoms with van der Waals surface area (Å²) in [5, 5.41) is 2.28. The number of hydrogen-bond acceptors (Lipinski definition) is 6. The summed E-state index contributed by atoms with van der Waals surface area (Å²) < 4.78 is 0. The summed E-state index contributed by atoms with van der Waals surface area (Å²) >= 11 is 0. The molecule has 1 radical (unpaired) electrons. The summed E-state index contributed by atoms with van der Waals surface area (Å²) in [6.07, 6.45) is 3.62. The average Bonchev–Trinajstić information content (AvgIpc) is 3.15. The zero-order chi connectivity index (χ0) is 33.3. The molecule has 0 unspecified atom stereocenters. The predicted molar refractivity (Wildman–Crippen MR) is 187 cm³/mol. The fourth-order valence-corrected chi connectivity index (χ4v) is 5.12. The number of fused-ring (bicyclic) bond motifs is 3. The van der Waals surface area contributed by atoms with E-state index in [0.717, 1.165) is 33.2 Å². The summed E-state index contributed by atoms with van der Waals surface area (Å²) in [5.41, 5.74) is 11.2. The topological polar surface area (TPSA) is 89.9 Å². The normalized spacial score (nSPS) is 9.21. The molecule has 0 amide bonds. The van der Waals surface area contributed by atoms with Crippen molar-refractivity contribution in [3.63, 3.8) is 0 Å². The van der Waals surface area contributed by atoms with Crippen LogP contribution in [0.25, 0.3) is 55.2 Å². The molecule has 0 aliphatic heterocycles. The Balaban J connectivity index is 0.000000486. The van der Waals surface area contributed by atoms with E-state index >= 15 is 0 Å². The number of aryl methyl sites for hydroxylation is 2. The van der Waals surface area contributed by atoms with Gasteiger partial charge in [-0.1, -0.05) is 103 Å². The molecule has 0 bridgehead atoms. The maximum absolute atomic E-state index is 7.75. The predicted octanol–water partition coefficient (Wildman–Crippen LogP) is 5.66. The van der Waals surface area contributed by atoms with Crippen molar-refractivity contribution < 1.29 is 47.2 Å². The molecular formula is C40H32ClN3O3Re-4. The molecule has 7 rings (SSSR count). The number of halogens is 1. The fraction of sp³-hybridized carbons (Fsp3) is 0.0500. The van der Waals surface area contributed by atoms with E-state index in [0.29, 0.717) is 0 Å². The van der Waals surface area contributed by atoms with Gasteiger partial charge in [-0.3, -0.25) is 35.3 Å². The van der Waals surface area contributed by atoms with Crippen LogP contribution in [-0.2, 0) is 34.8 Å². The van der Waals surface area contributed by atoms with Crippen LogP contribution in [0.4, 0.5) is 0 Å².